The molecule has 1 aromatic rings. The fraction of sp³-hybridized carbons (Fsp3) is 0.654. The Kier molecular flexibility index (Phi) is 4.79. The van der Waals surface area contributed by atoms with Gasteiger partial charge in [0.15, 0.2) is 0 Å². The first-order chi connectivity index (χ1) is 15.0. The maximum absolute atomic E-state index is 12.9. The Hall–Kier alpha value is -1.36. The van der Waals surface area contributed by atoms with Gasteiger partial charge in [-0.3, -0.25) is 9.69 Å². The Bertz CT molecular complexity index is 908. The maximum Gasteiger partial charge on any atom is 0.310 e. The Morgan fingerprint density at radius 1 is 1.23 bits per heavy atom. The molecule has 0 amide bonds. The molecule has 4 fully saturated rings. The van der Waals surface area contributed by atoms with Gasteiger partial charge in [-0.25, -0.2) is 0 Å². The van der Waals surface area contributed by atoms with Crippen molar-refractivity contribution in [3.05, 3.63) is 40.9 Å². The minimum atomic E-state index is 0.0118. The highest BCUT2D eigenvalue weighted by molar-refractivity contribution is 6.30. The van der Waals surface area contributed by atoms with Crippen LogP contribution in [-0.2, 0) is 14.3 Å². The number of nitrogens with zero attached hydrogens (tertiary/aromatic N) is 1. The molecule has 0 bridgehead atoms. The zero-order valence-electron chi connectivity index (χ0n) is 18.3. The lowest BCUT2D eigenvalue weighted by Gasteiger charge is -2.51. The van der Waals surface area contributed by atoms with E-state index >= 15 is 0 Å². The van der Waals surface area contributed by atoms with Gasteiger partial charge in [0.1, 0.15) is 6.10 Å². The summed E-state index contributed by atoms with van der Waals surface area (Å²) in [5, 5.41) is 0.774. The number of carbonyl (C=O) groups is 1. The predicted octanol–water partition coefficient (Wildman–Crippen LogP) is 4.96. The average molecular weight is 442 g/mol. The quantitative estimate of drug-likeness (QED) is 0.491. The minimum Gasteiger partial charge on any atom is -0.462 e. The van der Waals surface area contributed by atoms with Crippen LogP contribution < -0.4 is 0 Å². The van der Waals surface area contributed by atoms with Crippen molar-refractivity contribution in [3.8, 4) is 0 Å². The molecule has 3 aliphatic heterocycles. The first-order valence-electron chi connectivity index (χ1n) is 12.0. The van der Waals surface area contributed by atoms with E-state index in [4.69, 9.17) is 21.1 Å². The van der Waals surface area contributed by atoms with E-state index in [1.54, 1.807) is 0 Å². The molecule has 166 valence electrons. The third kappa shape index (κ3) is 3.46. The Morgan fingerprint density at radius 3 is 2.74 bits per heavy atom. The lowest BCUT2D eigenvalue weighted by atomic mass is 9.53. The van der Waals surface area contributed by atoms with Gasteiger partial charge in [0.2, 0.25) is 0 Å². The molecule has 0 aromatic heterocycles. The van der Waals surface area contributed by atoms with E-state index in [9.17, 15) is 4.79 Å². The molecule has 0 radical (unpaired) electrons. The molecule has 5 aliphatic rings. The van der Waals surface area contributed by atoms with E-state index in [1.165, 1.54) is 30.4 Å². The van der Waals surface area contributed by atoms with E-state index in [0.717, 1.165) is 50.5 Å². The number of hydrogen-bond acceptors (Lipinski definition) is 4. The van der Waals surface area contributed by atoms with Crippen molar-refractivity contribution in [1.29, 1.82) is 0 Å². The summed E-state index contributed by atoms with van der Waals surface area (Å²) < 4.78 is 12.0. The van der Waals surface area contributed by atoms with Crippen molar-refractivity contribution >= 4 is 23.1 Å². The number of halogens is 1. The van der Waals surface area contributed by atoms with Gasteiger partial charge < -0.3 is 9.47 Å². The van der Waals surface area contributed by atoms with Gasteiger partial charge in [0.05, 0.1) is 18.1 Å². The predicted molar refractivity (Wildman–Crippen MR) is 121 cm³/mol. The highest BCUT2D eigenvalue weighted by Crippen LogP contribution is 2.62. The van der Waals surface area contributed by atoms with Crippen molar-refractivity contribution in [2.45, 2.75) is 57.2 Å². The smallest absolute Gasteiger partial charge is 0.310 e. The Labute approximate surface area is 189 Å². The molecule has 2 saturated heterocycles. The second-order valence-electron chi connectivity index (χ2n) is 10.8. The fourth-order valence-corrected chi connectivity index (χ4v) is 7.37. The van der Waals surface area contributed by atoms with Crippen LogP contribution in [-0.4, -0.2) is 48.8 Å². The number of epoxide rings is 1. The van der Waals surface area contributed by atoms with Crippen molar-refractivity contribution < 1.29 is 14.3 Å². The average Bonchev–Trinajstić information content (AvgIpc) is 3.46. The maximum atomic E-state index is 12.9. The topological polar surface area (TPSA) is 42.1 Å². The minimum absolute atomic E-state index is 0.0118. The fourth-order valence-electron chi connectivity index (χ4n) is 7.25. The lowest BCUT2D eigenvalue weighted by molar-refractivity contribution is -0.147. The molecule has 1 aromatic carbocycles. The molecule has 0 unspecified atom stereocenters. The summed E-state index contributed by atoms with van der Waals surface area (Å²) in [7, 11) is 0. The molecule has 4 nitrogen and oxygen atoms in total. The lowest BCUT2D eigenvalue weighted by Crippen LogP contribution is -2.51. The zero-order valence-corrected chi connectivity index (χ0v) is 19.1. The van der Waals surface area contributed by atoms with Crippen LogP contribution in [0.4, 0.5) is 0 Å². The normalized spacial score (nSPS) is 42.0. The molecule has 5 heteroatoms. The third-order valence-corrected chi connectivity index (χ3v) is 9.29. The number of fused-ring (bicyclic) bond motifs is 3. The van der Waals surface area contributed by atoms with Crippen LogP contribution in [0.1, 0.15) is 51.0 Å². The van der Waals surface area contributed by atoms with Crippen LogP contribution in [0.5, 0.6) is 0 Å². The Balaban J connectivity index is 1.15. The number of benzene rings is 1. The standard InChI is InChI=1S/C26H32ClNO3/c1-25-9-2-10-26(16-30-26)23(25)13-20-21(24(29)31-22(20)14-25)15-28-11-7-18(8-12-28)17-3-5-19(27)6-4-17/h3-7,20-23H,2,8-16H2,1H3/t20-,21+,22+,23+,25+,26-/m0/s1. The second kappa shape index (κ2) is 7.33. The van der Waals surface area contributed by atoms with Crippen molar-refractivity contribution in [2.75, 3.05) is 26.2 Å². The molecule has 1 spiro atoms. The molecule has 0 N–H and O–H groups in total. The van der Waals surface area contributed by atoms with Gasteiger partial charge >= 0.3 is 5.97 Å². The summed E-state index contributed by atoms with van der Waals surface area (Å²) in [4.78, 5) is 15.3. The number of hydrogen-bond donors (Lipinski definition) is 0. The van der Waals surface area contributed by atoms with Crippen LogP contribution in [0.25, 0.3) is 5.57 Å². The summed E-state index contributed by atoms with van der Waals surface area (Å²) in [5.41, 5.74) is 3.02. The summed E-state index contributed by atoms with van der Waals surface area (Å²) in [6.45, 7) is 6.05. The molecule has 31 heavy (non-hydrogen) atoms. The van der Waals surface area contributed by atoms with Gasteiger partial charge in [0.25, 0.3) is 0 Å². The SMILES string of the molecule is C[C@]12CCC[C@]3(CO3)[C@@H]1C[C@@H]1[C@@H](C2)OC(=O)[C@@H]1CN1CC=C(c2ccc(Cl)cc2)CC1. The summed E-state index contributed by atoms with van der Waals surface area (Å²) >= 11 is 6.03. The van der Waals surface area contributed by atoms with E-state index in [0.29, 0.717) is 11.8 Å². The first-order valence-corrected chi connectivity index (χ1v) is 12.4. The molecular formula is C26H32ClNO3. The molecule has 6 atom stereocenters. The van der Waals surface area contributed by atoms with Crippen LogP contribution in [0.2, 0.25) is 5.02 Å². The Morgan fingerprint density at radius 2 is 2.03 bits per heavy atom. The number of rotatable bonds is 3. The van der Waals surface area contributed by atoms with Crippen LogP contribution in [0.3, 0.4) is 0 Å². The van der Waals surface area contributed by atoms with Gasteiger partial charge in [-0.2, -0.15) is 0 Å². The first kappa shape index (κ1) is 20.3. The van der Waals surface area contributed by atoms with Crippen molar-refractivity contribution in [1.82, 2.24) is 4.90 Å². The second-order valence-corrected chi connectivity index (χ2v) is 11.3. The van der Waals surface area contributed by atoms with E-state index in [2.05, 4.69) is 30.0 Å². The van der Waals surface area contributed by atoms with Gasteiger partial charge in [-0.15, -0.1) is 0 Å². The monoisotopic (exact) mass is 441 g/mol. The zero-order chi connectivity index (χ0) is 21.2. The largest absolute Gasteiger partial charge is 0.462 e. The van der Waals surface area contributed by atoms with E-state index < -0.39 is 0 Å². The highest BCUT2D eigenvalue weighted by Gasteiger charge is 2.65. The highest BCUT2D eigenvalue weighted by atomic mass is 35.5. The van der Waals surface area contributed by atoms with Crippen molar-refractivity contribution in [3.63, 3.8) is 0 Å². The van der Waals surface area contributed by atoms with E-state index in [-0.39, 0.29) is 29.0 Å². The van der Waals surface area contributed by atoms with Crippen LogP contribution in [0, 0.1) is 23.2 Å². The summed E-state index contributed by atoms with van der Waals surface area (Å²) in [6, 6.07) is 8.11. The van der Waals surface area contributed by atoms with Crippen molar-refractivity contribution in [2.24, 2.45) is 23.2 Å². The van der Waals surface area contributed by atoms with Gasteiger partial charge in [-0.1, -0.05) is 36.7 Å². The molecule has 3 heterocycles. The number of carbonyl (C=O) groups excluding carboxylic acids is 1. The molecule has 6 rings (SSSR count). The summed E-state index contributed by atoms with van der Waals surface area (Å²) in [5.74, 6) is 0.990. The van der Waals surface area contributed by atoms with Gasteiger partial charge in [-0.05, 0) is 73.1 Å². The van der Waals surface area contributed by atoms with Crippen LogP contribution >= 0.6 is 11.6 Å². The molecule has 2 saturated carbocycles. The van der Waals surface area contributed by atoms with E-state index in [1.807, 2.05) is 12.1 Å². The van der Waals surface area contributed by atoms with Gasteiger partial charge in [0, 0.05) is 30.6 Å². The summed E-state index contributed by atoms with van der Waals surface area (Å²) in [6.07, 6.45) is 9.25. The molecule has 2 aliphatic carbocycles. The number of ether oxygens (including phenoxy) is 2. The molecular weight excluding hydrogens is 410 g/mol. The van der Waals surface area contributed by atoms with Crippen LogP contribution in [0.15, 0.2) is 30.3 Å². The number of esters is 1. The third-order valence-electron chi connectivity index (χ3n) is 9.04.